The van der Waals surface area contributed by atoms with Crippen molar-refractivity contribution in [3.8, 4) is 0 Å². The van der Waals surface area contributed by atoms with Gasteiger partial charge in [-0.1, -0.05) is 32.0 Å². The fourth-order valence-electron chi connectivity index (χ4n) is 1.96. The summed E-state index contributed by atoms with van der Waals surface area (Å²) in [6.07, 6.45) is 0.259. The Morgan fingerprint density at radius 3 is 2.47 bits per heavy atom. The normalized spacial score (nSPS) is 14.9. The average Bonchev–Trinajstić information content (AvgIpc) is 2.25. The van der Waals surface area contributed by atoms with Crippen molar-refractivity contribution in [1.29, 1.82) is 0 Å². The third kappa shape index (κ3) is 4.84. The van der Waals surface area contributed by atoms with Gasteiger partial charge < -0.3 is 10.4 Å². The van der Waals surface area contributed by atoms with E-state index in [9.17, 15) is 9.50 Å². The highest BCUT2D eigenvalue weighted by molar-refractivity contribution is 5.19. The van der Waals surface area contributed by atoms with Gasteiger partial charge in [0.1, 0.15) is 5.82 Å². The van der Waals surface area contributed by atoms with E-state index in [4.69, 9.17) is 0 Å². The van der Waals surface area contributed by atoms with Crippen LogP contribution >= 0.6 is 0 Å². The predicted octanol–water partition coefficient (Wildman–Crippen LogP) is 2.88. The van der Waals surface area contributed by atoms with Crippen molar-refractivity contribution in [3.05, 3.63) is 35.6 Å². The fourth-order valence-corrected chi connectivity index (χ4v) is 1.96. The maximum absolute atomic E-state index is 13.4. The molecule has 0 aliphatic heterocycles. The molecule has 0 radical (unpaired) electrons. The van der Waals surface area contributed by atoms with Gasteiger partial charge in [-0.25, -0.2) is 4.39 Å². The van der Waals surface area contributed by atoms with Crippen LogP contribution in [0.1, 0.15) is 38.9 Å². The van der Waals surface area contributed by atoms with Gasteiger partial charge >= 0.3 is 0 Å². The molecule has 1 aromatic rings. The lowest BCUT2D eigenvalue weighted by Crippen LogP contribution is -2.31. The van der Waals surface area contributed by atoms with E-state index in [0.29, 0.717) is 24.1 Å². The first-order valence-electron chi connectivity index (χ1n) is 6.16. The predicted molar refractivity (Wildman–Crippen MR) is 68.3 cm³/mol. The number of nitrogens with one attached hydrogen (secondary N) is 1. The molecule has 0 saturated heterocycles. The third-order valence-electron chi connectivity index (χ3n) is 2.75. The Balaban J connectivity index is 2.45. The molecule has 0 bridgehead atoms. The minimum Gasteiger partial charge on any atom is -0.387 e. The maximum Gasteiger partial charge on any atom is 0.129 e. The number of aliphatic hydroxyl groups is 1. The van der Waals surface area contributed by atoms with Gasteiger partial charge in [-0.3, -0.25) is 0 Å². The first kappa shape index (κ1) is 14.1. The molecule has 0 fully saturated rings. The van der Waals surface area contributed by atoms with E-state index < -0.39 is 6.10 Å². The molecular weight excluding hydrogens is 217 g/mol. The van der Waals surface area contributed by atoms with Crippen LogP contribution in [0, 0.1) is 11.7 Å². The quantitative estimate of drug-likeness (QED) is 0.800. The highest BCUT2D eigenvalue weighted by Gasteiger charge is 2.13. The van der Waals surface area contributed by atoms with Gasteiger partial charge in [-0.15, -0.1) is 0 Å². The maximum atomic E-state index is 13.4. The topological polar surface area (TPSA) is 32.3 Å². The van der Waals surface area contributed by atoms with Crippen LogP contribution in [0.3, 0.4) is 0 Å². The van der Waals surface area contributed by atoms with E-state index in [1.807, 2.05) is 0 Å². The van der Waals surface area contributed by atoms with E-state index in [1.54, 1.807) is 18.2 Å². The second-order valence-corrected chi connectivity index (χ2v) is 4.98. The van der Waals surface area contributed by atoms with Gasteiger partial charge in [0.15, 0.2) is 0 Å². The molecule has 0 aliphatic carbocycles. The van der Waals surface area contributed by atoms with E-state index in [1.165, 1.54) is 6.07 Å². The number of aliphatic hydroxyl groups excluding tert-OH is 1. The lowest BCUT2D eigenvalue weighted by molar-refractivity contribution is 0.164. The monoisotopic (exact) mass is 239 g/mol. The number of halogens is 1. The van der Waals surface area contributed by atoms with Crippen LogP contribution in [-0.2, 0) is 0 Å². The Hall–Kier alpha value is -0.930. The molecule has 1 rings (SSSR count). The molecule has 0 aliphatic rings. The van der Waals surface area contributed by atoms with Gasteiger partial charge in [0, 0.05) is 18.2 Å². The van der Waals surface area contributed by atoms with E-state index in [2.05, 4.69) is 26.1 Å². The van der Waals surface area contributed by atoms with Crippen molar-refractivity contribution in [2.45, 2.75) is 39.3 Å². The lowest BCUT2D eigenvalue weighted by atomic mass is 10.0. The molecule has 2 unspecified atom stereocenters. The summed E-state index contributed by atoms with van der Waals surface area (Å²) in [7, 11) is 0. The Morgan fingerprint density at radius 1 is 1.24 bits per heavy atom. The minimum absolute atomic E-state index is 0.330. The molecule has 1 aromatic carbocycles. The fraction of sp³-hybridized carbons (Fsp3) is 0.571. The zero-order valence-corrected chi connectivity index (χ0v) is 10.8. The van der Waals surface area contributed by atoms with Crippen molar-refractivity contribution >= 4 is 0 Å². The van der Waals surface area contributed by atoms with Gasteiger partial charge in [-0.05, 0) is 25.3 Å². The smallest absolute Gasteiger partial charge is 0.129 e. The molecule has 2 N–H and O–H groups in total. The molecule has 0 saturated carbocycles. The van der Waals surface area contributed by atoms with E-state index >= 15 is 0 Å². The van der Waals surface area contributed by atoms with Crippen molar-refractivity contribution in [1.82, 2.24) is 5.32 Å². The molecule has 2 nitrogen and oxygen atoms in total. The number of benzene rings is 1. The molecule has 96 valence electrons. The second kappa shape index (κ2) is 6.72. The summed E-state index contributed by atoms with van der Waals surface area (Å²) >= 11 is 0. The Bertz CT molecular complexity index is 341. The summed E-state index contributed by atoms with van der Waals surface area (Å²) in [5.41, 5.74) is 0.358. The number of hydrogen-bond acceptors (Lipinski definition) is 2. The zero-order valence-electron chi connectivity index (χ0n) is 10.8. The molecule has 17 heavy (non-hydrogen) atoms. The zero-order chi connectivity index (χ0) is 12.8. The SMILES string of the molecule is CC(C)CC(C)NCC(O)c1ccccc1F. The molecule has 2 atom stereocenters. The molecular formula is C14H22FNO. The summed E-state index contributed by atoms with van der Waals surface area (Å²) in [6, 6.07) is 6.68. The van der Waals surface area contributed by atoms with Crippen LogP contribution in [0.5, 0.6) is 0 Å². The summed E-state index contributed by atoms with van der Waals surface area (Å²) < 4.78 is 13.4. The van der Waals surface area contributed by atoms with Crippen LogP contribution in [0.15, 0.2) is 24.3 Å². The number of rotatable bonds is 6. The van der Waals surface area contributed by atoms with Crippen molar-refractivity contribution in [2.24, 2.45) is 5.92 Å². The molecule has 0 heterocycles. The second-order valence-electron chi connectivity index (χ2n) is 4.98. The van der Waals surface area contributed by atoms with Crippen LogP contribution in [0.4, 0.5) is 4.39 Å². The van der Waals surface area contributed by atoms with Crippen LogP contribution < -0.4 is 5.32 Å². The summed E-state index contributed by atoms with van der Waals surface area (Å²) in [6.45, 7) is 6.78. The minimum atomic E-state index is -0.786. The number of hydrogen-bond donors (Lipinski definition) is 2. The van der Waals surface area contributed by atoms with Gasteiger partial charge in [0.25, 0.3) is 0 Å². The highest BCUT2D eigenvalue weighted by atomic mass is 19.1. The van der Waals surface area contributed by atoms with Crippen LogP contribution in [-0.4, -0.2) is 17.7 Å². The Morgan fingerprint density at radius 2 is 1.88 bits per heavy atom. The molecule has 0 aromatic heterocycles. The third-order valence-corrected chi connectivity index (χ3v) is 2.75. The standard InChI is InChI=1S/C14H22FNO/c1-10(2)8-11(3)16-9-14(17)12-6-4-5-7-13(12)15/h4-7,10-11,14,16-17H,8-9H2,1-3H3. The highest BCUT2D eigenvalue weighted by Crippen LogP contribution is 2.16. The summed E-state index contributed by atoms with van der Waals surface area (Å²) in [4.78, 5) is 0. The van der Waals surface area contributed by atoms with Crippen molar-refractivity contribution in [2.75, 3.05) is 6.54 Å². The Kier molecular flexibility index (Phi) is 5.59. The van der Waals surface area contributed by atoms with Gasteiger partial charge in [-0.2, -0.15) is 0 Å². The van der Waals surface area contributed by atoms with Crippen molar-refractivity contribution < 1.29 is 9.50 Å². The summed E-state index contributed by atoms with van der Waals surface area (Å²) in [5.74, 6) is 0.265. The largest absolute Gasteiger partial charge is 0.387 e. The molecule has 0 spiro atoms. The van der Waals surface area contributed by atoms with Crippen molar-refractivity contribution in [3.63, 3.8) is 0 Å². The van der Waals surface area contributed by atoms with Gasteiger partial charge in [0.05, 0.1) is 6.10 Å². The van der Waals surface area contributed by atoms with Crippen LogP contribution in [0.25, 0.3) is 0 Å². The molecule has 3 heteroatoms. The van der Waals surface area contributed by atoms with E-state index in [0.717, 1.165) is 6.42 Å². The first-order valence-corrected chi connectivity index (χ1v) is 6.16. The van der Waals surface area contributed by atoms with E-state index in [-0.39, 0.29) is 5.82 Å². The average molecular weight is 239 g/mol. The first-order chi connectivity index (χ1) is 8.00. The lowest BCUT2D eigenvalue weighted by Gasteiger charge is -2.19. The Labute approximate surface area is 103 Å². The molecule has 0 amide bonds. The van der Waals surface area contributed by atoms with Gasteiger partial charge in [0.2, 0.25) is 0 Å². The summed E-state index contributed by atoms with van der Waals surface area (Å²) in [5, 5.41) is 13.1. The van der Waals surface area contributed by atoms with Crippen LogP contribution in [0.2, 0.25) is 0 Å².